The molecule has 1 aromatic heterocycles. The van der Waals surface area contributed by atoms with Gasteiger partial charge in [-0.15, -0.1) is 0 Å². The van der Waals surface area contributed by atoms with Crippen molar-refractivity contribution in [2.45, 2.75) is 0 Å². The molecule has 2 heterocycles. The van der Waals surface area contributed by atoms with E-state index in [1.165, 1.54) is 12.7 Å². The smallest absolute Gasteiger partial charge is 0.180 e. The van der Waals surface area contributed by atoms with Crippen molar-refractivity contribution in [3.63, 3.8) is 0 Å². The van der Waals surface area contributed by atoms with Crippen LogP contribution in [-0.4, -0.2) is 11.2 Å². The molecule has 0 saturated heterocycles. The molecule has 0 fully saturated rings. The minimum Gasteiger partial charge on any atom is -0.452 e. The van der Waals surface area contributed by atoms with Crippen LogP contribution in [0.15, 0.2) is 51.2 Å². The lowest BCUT2D eigenvalue weighted by molar-refractivity contribution is 0.558. The molecule has 0 radical (unpaired) electrons. The van der Waals surface area contributed by atoms with E-state index in [2.05, 4.69) is 35.9 Å². The van der Waals surface area contributed by atoms with Gasteiger partial charge >= 0.3 is 0 Å². The van der Waals surface area contributed by atoms with E-state index in [9.17, 15) is 0 Å². The van der Waals surface area contributed by atoms with E-state index in [1.54, 1.807) is 12.4 Å². The van der Waals surface area contributed by atoms with Gasteiger partial charge in [-0.2, -0.15) is 5.10 Å². The second-order valence-electron chi connectivity index (χ2n) is 1.97. The van der Waals surface area contributed by atoms with Gasteiger partial charge in [-0.1, -0.05) is 6.08 Å². The number of aromatic nitrogens is 1. The van der Waals surface area contributed by atoms with Gasteiger partial charge in [0.05, 0.1) is 10.8 Å². The molecule has 2 rings (SSSR count). The predicted molar refractivity (Wildman–Crippen MR) is 54.3 cm³/mol. The Morgan fingerprint density at radius 3 is 2.92 bits per heavy atom. The van der Waals surface area contributed by atoms with Crippen LogP contribution in [0.5, 0.6) is 0 Å². The molecule has 0 atom stereocenters. The zero-order valence-electron chi connectivity index (χ0n) is 6.72. The third kappa shape index (κ3) is 4.97. The fraction of sp³-hybridized carbons (Fsp3) is 0. The maximum atomic E-state index is 4.47. The molecule has 0 saturated carbocycles. The van der Waals surface area contributed by atoms with Crippen LogP contribution in [0.4, 0.5) is 0 Å². The zero-order valence-corrected chi connectivity index (χ0v) is 8.31. The average Bonchev–Trinajstić information content (AvgIpc) is 2.62. The van der Waals surface area contributed by atoms with E-state index >= 15 is 0 Å². The molecular weight excluding hydrogens is 234 g/mol. The van der Waals surface area contributed by atoms with Crippen LogP contribution >= 0.6 is 15.9 Å². The fourth-order valence-electron chi connectivity index (χ4n) is 0.545. The monoisotopic (exact) mass is 241 g/mol. The Morgan fingerprint density at radius 2 is 2.31 bits per heavy atom. The summed E-state index contributed by atoms with van der Waals surface area (Å²) in [5, 5.41) is 3.77. The number of rotatable bonds is 0. The van der Waals surface area contributed by atoms with Gasteiger partial charge in [-0.3, -0.25) is 5.43 Å². The molecule has 1 aliphatic rings. The molecule has 1 aromatic rings. The summed E-state index contributed by atoms with van der Waals surface area (Å²) < 4.78 is 5.35. The minimum atomic E-state index is 0.877. The highest BCUT2D eigenvalue weighted by atomic mass is 79.9. The number of hydrogen-bond acceptors (Lipinski definition) is 4. The molecular formula is C8H8BrN3O. The van der Waals surface area contributed by atoms with Crippen LogP contribution in [0.2, 0.25) is 0 Å². The number of nitrogens with one attached hydrogen (secondary N) is 1. The second-order valence-corrected chi connectivity index (χ2v) is 2.82. The Hall–Kier alpha value is -1.36. The minimum absolute atomic E-state index is 0.877. The van der Waals surface area contributed by atoms with Crippen LogP contribution in [0, 0.1) is 0 Å². The van der Waals surface area contributed by atoms with Gasteiger partial charge < -0.3 is 4.42 Å². The van der Waals surface area contributed by atoms with Crippen LogP contribution < -0.4 is 5.43 Å². The summed E-state index contributed by atoms with van der Waals surface area (Å²) in [5.74, 6) is 0. The lowest BCUT2D eigenvalue weighted by atomic mass is 10.5. The van der Waals surface area contributed by atoms with Crippen molar-refractivity contribution in [3.8, 4) is 0 Å². The number of oxazole rings is 1. The Bertz CT molecular complexity index is 286. The van der Waals surface area contributed by atoms with Gasteiger partial charge in [-0.05, 0) is 28.1 Å². The molecule has 5 heteroatoms. The zero-order chi connectivity index (χ0) is 9.36. The lowest BCUT2D eigenvalue weighted by Gasteiger charge is -1.89. The first kappa shape index (κ1) is 9.73. The van der Waals surface area contributed by atoms with Crippen molar-refractivity contribution in [2.24, 2.45) is 5.10 Å². The second kappa shape index (κ2) is 6.19. The SMILES string of the molecule is BrC1=CC=CC=NN1.c1cocn1. The molecule has 1 N–H and O–H groups in total. The van der Waals surface area contributed by atoms with Gasteiger partial charge in [0.25, 0.3) is 0 Å². The van der Waals surface area contributed by atoms with Crippen molar-refractivity contribution in [1.82, 2.24) is 10.4 Å². The fourth-order valence-corrected chi connectivity index (χ4v) is 0.800. The highest BCUT2D eigenvalue weighted by Crippen LogP contribution is 2.00. The molecule has 4 nitrogen and oxygen atoms in total. The molecule has 0 aromatic carbocycles. The Kier molecular flexibility index (Phi) is 4.63. The molecule has 0 unspecified atom stereocenters. The average molecular weight is 242 g/mol. The summed E-state index contributed by atoms with van der Waals surface area (Å²) in [4.78, 5) is 3.56. The lowest BCUT2D eigenvalue weighted by Crippen LogP contribution is -1.96. The largest absolute Gasteiger partial charge is 0.452 e. The van der Waals surface area contributed by atoms with Crippen LogP contribution in [0.1, 0.15) is 0 Å². The Labute approximate surface area is 84.2 Å². The van der Waals surface area contributed by atoms with Crippen molar-refractivity contribution in [3.05, 3.63) is 41.7 Å². The van der Waals surface area contributed by atoms with E-state index in [1.807, 2.05) is 18.2 Å². The van der Waals surface area contributed by atoms with Crippen molar-refractivity contribution >= 4 is 22.1 Å². The van der Waals surface area contributed by atoms with Gasteiger partial charge in [-0.25, -0.2) is 4.98 Å². The summed E-state index contributed by atoms with van der Waals surface area (Å²) >= 11 is 3.22. The summed E-state index contributed by atoms with van der Waals surface area (Å²) in [5.41, 5.74) is 2.73. The summed E-state index contributed by atoms with van der Waals surface area (Å²) in [6.07, 6.45) is 11.8. The maximum absolute atomic E-state index is 4.47. The molecule has 0 spiro atoms. The topological polar surface area (TPSA) is 50.4 Å². The maximum Gasteiger partial charge on any atom is 0.180 e. The predicted octanol–water partition coefficient (Wildman–Crippen LogP) is 2.04. The van der Waals surface area contributed by atoms with E-state index in [-0.39, 0.29) is 0 Å². The van der Waals surface area contributed by atoms with E-state index in [0.29, 0.717) is 0 Å². The quantitative estimate of drug-likeness (QED) is 0.708. The summed E-state index contributed by atoms with van der Waals surface area (Å²) in [7, 11) is 0. The van der Waals surface area contributed by atoms with Gasteiger partial charge in [0.15, 0.2) is 6.39 Å². The normalized spacial score (nSPS) is 13.5. The first-order valence-electron chi connectivity index (χ1n) is 3.53. The third-order valence-corrected chi connectivity index (χ3v) is 1.47. The molecule has 68 valence electrons. The highest BCUT2D eigenvalue weighted by Gasteiger charge is 1.83. The summed E-state index contributed by atoms with van der Waals surface area (Å²) in [6.45, 7) is 0. The summed E-state index contributed by atoms with van der Waals surface area (Å²) in [6, 6.07) is 0. The van der Waals surface area contributed by atoms with E-state index < -0.39 is 0 Å². The molecule has 0 bridgehead atoms. The molecule has 1 aliphatic heterocycles. The first-order valence-corrected chi connectivity index (χ1v) is 4.32. The molecule has 13 heavy (non-hydrogen) atoms. The Morgan fingerprint density at radius 1 is 1.38 bits per heavy atom. The number of nitrogens with zero attached hydrogens (tertiary/aromatic N) is 2. The van der Waals surface area contributed by atoms with Gasteiger partial charge in [0.2, 0.25) is 0 Å². The van der Waals surface area contributed by atoms with E-state index in [4.69, 9.17) is 0 Å². The van der Waals surface area contributed by atoms with Crippen molar-refractivity contribution in [1.29, 1.82) is 0 Å². The number of hydrazone groups is 1. The molecule has 0 amide bonds. The number of halogens is 1. The first-order chi connectivity index (χ1) is 6.39. The van der Waals surface area contributed by atoms with Crippen LogP contribution in [-0.2, 0) is 0 Å². The highest BCUT2D eigenvalue weighted by molar-refractivity contribution is 9.11. The van der Waals surface area contributed by atoms with Crippen molar-refractivity contribution < 1.29 is 4.42 Å². The van der Waals surface area contributed by atoms with Gasteiger partial charge in [0, 0.05) is 6.21 Å². The van der Waals surface area contributed by atoms with Crippen LogP contribution in [0.3, 0.4) is 0 Å². The third-order valence-electron chi connectivity index (χ3n) is 1.03. The molecule has 0 aliphatic carbocycles. The number of hydrogen-bond donors (Lipinski definition) is 1. The van der Waals surface area contributed by atoms with E-state index in [0.717, 1.165) is 4.61 Å². The van der Waals surface area contributed by atoms with Crippen molar-refractivity contribution in [2.75, 3.05) is 0 Å². The number of allylic oxidation sites excluding steroid dienone is 3. The standard InChI is InChI=1S/C5H5BrN2.C3H3NO/c6-5-3-1-2-4-7-8-5;1-2-5-3-4-1/h1-4,8H;1-3H. The van der Waals surface area contributed by atoms with Gasteiger partial charge in [0.1, 0.15) is 6.26 Å². The Balaban J connectivity index is 0.000000145. The van der Waals surface area contributed by atoms with Crippen LogP contribution in [0.25, 0.3) is 0 Å².